The number of carbonyl (C=O) groups excluding carboxylic acids is 2. The molecule has 0 aliphatic carbocycles. The fourth-order valence-corrected chi connectivity index (χ4v) is 6.71. The number of aryl methyl sites for hydroxylation is 2. The number of esters is 2. The number of furan rings is 1. The Morgan fingerprint density at radius 3 is 1.88 bits per heavy atom. The van der Waals surface area contributed by atoms with E-state index in [2.05, 4.69) is 58.1 Å². The second kappa shape index (κ2) is 32.0. The van der Waals surface area contributed by atoms with Gasteiger partial charge in [-0.05, 0) is 89.2 Å². The smallest absolute Gasteiger partial charge is 0.466 e. The molecule has 1 unspecified atom stereocenters. The van der Waals surface area contributed by atoms with Crippen LogP contribution in [0.5, 0.6) is 0 Å². The molecule has 0 radical (unpaired) electrons. The van der Waals surface area contributed by atoms with Crippen LogP contribution in [0.2, 0.25) is 0 Å². The number of rotatable bonds is 35. The summed E-state index contributed by atoms with van der Waals surface area (Å²) in [7, 11) is 1.26. The molecular formula is C46H79NO11P+. The molecule has 1 heterocycles. The van der Waals surface area contributed by atoms with Crippen molar-refractivity contribution in [1.29, 1.82) is 0 Å². The second-order valence-corrected chi connectivity index (χ2v) is 17.7. The average Bonchev–Trinajstić information content (AvgIpc) is 3.44. The number of unbranched alkanes of at least 4 members (excludes halogenated alkanes) is 5. The van der Waals surface area contributed by atoms with Gasteiger partial charge in [-0.1, -0.05) is 88.1 Å². The van der Waals surface area contributed by atoms with Crippen molar-refractivity contribution in [2.24, 2.45) is 0 Å². The summed E-state index contributed by atoms with van der Waals surface area (Å²) in [5.74, 6) is 1.08. The topological polar surface area (TPSA) is 162 Å². The van der Waals surface area contributed by atoms with Gasteiger partial charge in [0.15, 0.2) is 6.10 Å². The lowest BCUT2D eigenvalue weighted by atomic mass is 10.0. The third-order valence-electron chi connectivity index (χ3n) is 9.75. The minimum Gasteiger partial charge on any atom is -0.466 e. The molecule has 0 aromatic carbocycles. The molecule has 12 nitrogen and oxygen atoms in total. The Kier molecular flexibility index (Phi) is 29.4. The van der Waals surface area contributed by atoms with Gasteiger partial charge in [0.25, 0.3) is 0 Å². The number of quaternary nitrogens is 1. The van der Waals surface area contributed by atoms with Gasteiger partial charge >= 0.3 is 19.8 Å². The van der Waals surface area contributed by atoms with E-state index >= 15 is 0 Å². The van der Waals surface area contributed by atoms with Crippen LogP contribution >= 0.6 is 7.82 Å². The van der Waals surface area contributed by atoms with Crippen molar-refractivity contribution in [2.75, 3.05) is 47.5 Å². The van der Waals surface area contributed by atoms with E-state index in [1.165, 1.54) is 11.1 Å². The van der Waals surface area contributed by atoms with Gasteiger partial charge in [-0.25, -0.2) is 4.57 Å². The first kappa shape index (κ1) is 54.2. The summed E-state index contributed by atoms with van der Waals surface area (Å²) in [6.07, 6.45) is 26.3. The van der Waals surface area contributed by atoms with Gasteiger partial charge in [0.05, 0.1) is 40.0 Å². The number of nitrogens with zero attached hydrogens (tertiary/aromatic N) is 1. The zero-order valence-electron chi connectivity index (χ0n) is 37.4. The highest BCUT2D eigenvalue weighted by Crippen LogP contribution is 2.43. The van der Waals surface area contributed by atoms with Gasteiger partial charge in [0, 0.05) is 25.7 Å². The highest BCUT2D eigenvalue weighted by molar-refractivity contribution is 7.47. The average molecular weight is 853 g/mol. The summed E-state index contributed by atoms with van der Waals surface area (Å²) in [5.41, 5.74) is 2.54. The highest BCUT2D eigenvalue weighted by Gasteiger charge is 2.27. The molecule has 1 rings (SSSR count). The highest BCUT2D eigenvalue weighted by atomic mass is 31.2. The summed E-state index contributed by atoms with van der Waals surface area (Å²) in [4.78, 5) is 35.5. The quantitative estimate of drug-likeness (QED) is 0.0196. The summed E-state index contributed by atoms with van der Waals surface area (Å²) >= 11 is 0. The molecule has 1 aromatic rings. The van der Waals surface area contributed by atoms with Crippen molar-refractivity contribution in [3.63, 3.8) is 0 Å². The predicted octanol–water partition coefficient (Wildman–Crippen LogP) is 9.50. The van der Waals surface area contributed by atoms with Gasteiger partial charge in [0.2, 0.25) is 0 Å². The molecule has 0 aliphatic rings. The SMILES string of the molecule is CC/C=C\C/C=C\C/C=C\C/C=C\C[C@@H](O)[C@H](O)CCCC(=O)O[C@H](COC(=O)CCCCCCCCc1oc(CCC)c(C)c1C)COP(=O)(O)OCC[N+](C)(C)C. The predicted molar refractivity (Wildman–Crippen MR) is 235 cm³/mol. The number of carbonyl (C=O) groups is 2. The minimum atomic E-state index is -4.47. The van der Waals surface area contributed by atoms with E-state index in [9.17, 15) is 29.3 Å². The van der Waals surface area contributed by atoms with Crippen LogP contribution in [0.1, 0.15) is 139 Å². The molecule has 1 aromatic heterocycles. The van der Waals surface area contributed by atoms with E-state index in [0.29, 0.717) is 17.4 Å². The van der Waals surface area contributed by atoms with Crippen LogP contribution in [0.25, 0.3) is 0 Å². The molecule has 13 heteroatoms. The standard InChI is InChI=1S/C46H78NO11P/c1-8-10-11-12-13-14-15-16-17-18-21-24-29-41(48)42(49)30-27-33-46(51)57-40(37-56-59(52,53)55-35-34-47(5,6)7)36-54-45(50)32-26-23-20-19-22-25-31-44-39(4)38(3)43(58-44)28-9-2/h10-11,13-14,16-17,21,24,40-42,48-49H,8-9,12,15,18-20,22-23,25-37H2,1-7H3/p+1/b11-10-,14-13-,17-16-,24-21-/t40-,41-,42-/m1/s1. The number of aliphatic hydroxyl groups excluding tert-OH is 2. The van der Waals surface area contributed by atoms with Crippen LogP contribution in [0.15, 0.2) is 53.0 Å². The lowest BCUT2D eigenvalue weighted by molar-refractivity contribution is -0.870. The van der Waals surface area contributed by atoms with Gasteiger partial charge in [-0.3, -0.25) is 18.6 Å². The van der Waals surface area contributed by atoms with Crippen LogP contribution in [0.4, 0.5) is 0 Å². The molecule has 0 saturated carbocycles. The number of hydrogen-bond donors (Lipinski definition) is 3. The van der Waals surface area contributed by atoms with E-state index in [1.54, 1.807) is 0 Å². The molecule has 338 valence electrons. The third kappa shape index (κ3) is 28.4. The van der Waals surface area contributed by atoms with Gasteiger partial charge in [0.1, 0.15) is 31.3 Å². The number of phosphoric acid groups is 1. The van der Waals surface area contributed by atoms with E-state index in [4.69, 9.17) is 22.9 Å². The Morgan fingerprint density at radius 2 is 1.27 bits per heavy atom. The Labute approximate surface area is 355 Å². The summed E-state index contributed by atoms with van der Waals surface area (Å²) in [5, 5.41) is 20.8. The van der Waals surface area contributed by atoms with E-state index < -0.39 is 44.7 Å². The lowest BCUT2D eigenvalue weighted by Crippen LogP contribution is -2.37. The summed E-state index contributed by atoms with van der Waals surface area (Å²) in [6, 6.07) is 0. The molecule has 59 heavy (non-hydrogen) atoms. The number of aliphatic hydroxyl groups is 2. The maximum Gasteiger partial charge on any atom is 0.472 e. The number of phosphoric ester groups is 1. The van der Waals surface area contributed by atoms with Crippen molar-refractivity contribution in [3.05, 3.63) is 71.3 Å². The fraction of sp³-hybridized carbons (Fsp3) is 0.696. The van der Waals surface area contributed by atoms with E-state index in [0.717, 1.165) is 88.6 Å². The molecule has 4 atom stereocenters. The largest absolute Gasteiger partial charge is 0.472 e. The first-order chi connectivity index (χ1) is 28.1. The Hall–Kier alpha value is -2.83. The Bertz CT molecular complexity index is 1460. The Morgan fingerprint density at radius 1 is 0.712 bits per heavy atom. The molecule has 3 N–H and O–H groups in total. The van der Waals surface area contributed by atoms with Crippen molar-refractivity contribution in [3.8, 4) is 0 Å². The first-order valence-electron chi connectivity index (χ1n) is 21.9. The number of likely N-dealkylation sites (N-methyl/N-ethyl adjacent to an activating group) is 1. The zero-order valence-corrected chi connectivity index (χ0v) is 38.3. The van der Waals surface area contributed by atoms with Crippen LogP contribution in [0.3, 0.4) is 0 Å². The van der Waals surface area contributed by atoms with Crippen molar-refractivity contribution in [2.45, 2.75) is 162 Å². The molecular weight excluding hydrogens is 773 g/mol. The molecule has 0 spiro atoms. The normalized spacial score (nSPS) is 15.1. The van der Waals surface area contributed by atoms with Gasteiger partial charge in [-0.2, -0.15) is 0 Å². The van der Waals surface area contributed by atoms with Crippen molar-refractivity contribution < 1.29 is 56.7 Å². The van der Waals surface area contributed by atoms with Crippen LogP contribution in [0, 0.1) is 13.8 Å². The fourth-order valence-electron chi connectivity index (χ4n) is 5.97. The number of allylic oxidation sites excluding steroid dienone is 7. The van der Waals surface area contributed by atoms with Crippen LogP contribution in [-0.4, -0.2) is 97.3 Å². The molecule has 0 aliphatic heterocycles. The Balaban J connectivity index is 2.48. The maximum atomic E-state index is 12.8. The summed E-state index contributed by atoms with van der Waals surface area (Å²) in [6.45, 7) is 8.08. The number of ether oxygens (including phenoxy) is 2. The lowest BCUT2D eigenvalue weighted by Gasteiger charge is -2.24. The van der Waals surface area contributed by atoms with Crippen molar-refractivity contribution >= 4 is 19.8 Å². The zero-order chi connectivity index (χ0) is 43.9. The number of hydrogen-bond acceptors (Lipinski definition) is 10. The third-order valence-corrected chi connectivity index (χ3v) is 10.7. The van der Waals surface area contributed by atoms with Crippen molar-refractivity contribution in [1.82, 2.24) is 0 Å². The second-order valence-electron chi connectivity index (χ2n) is 16.2. The maximum absolute atomic E-state index is 12.8. The van der Waals surface area contributed by atoms with E-state index in [-0.39, 0.29) is 45.3 Å². The van der Waals surface area contributed by atoms with Gasteiger partial charge < -0.3 is 33.5 Å². The monoisotopic (exact) mass is 853 g/mol. The molecule has 0 bridgehead atoms. The first-order valence-corrected chi connectivity index (χ1v) is 23.4. The summed E-state index contributed by atoms with van der Waals surface area (Å²) < 4.78 is 40.2. The van der Waals surface area contributed by atoms with Crippen LogP contribution in [-0.2, 0) is 45.5 Å². The molecule has 0 amide bonds. The van der Waals surface area contributed by atoms with E-state index in [1.807, 2.05) is 39.4 Å². The minimum absolute atomic E-state index is 0.0313. The molecule has 0 saturated heterocycles. The van der Waals surface area contributed by atoms with Crippen LogP contribution < -0.4 is 0 Å². The molecule has 0 fully saturated rings. The van der Waals surface area contributed by atoms with Gasteiger partial charge in [-0.15, -0.1) is 0 Å².